The molecule has 98 valence electrons. The van der Waals surface area contributed by atoms with E-state index in [-0.39, 0.29) is 18.1 Å². The summed E-state index contributed by atoms with van der Waals surface area (Å²) >= 11 is 0. The molecule has 1 heterocycles. The van der Waals surface area contributed by atoms with Crippen molar-refractivity contribution in [3.05, 3.63) is 57.7 Å². The van der Waals surface area contributed by atoms with Gasteiger partial charge in [-0.15, -0.1) is 0 Å². The van der Waals surface area contributed by atoms with Gasteiger partial charge < -0.3 is 9.72 Å². The van der Waals surface area contributed by atoms with Gasteiger partial charge in [-0.2, -0.15) is 0 Å². The standard InChI is InChI=1S/C12H11N3O4/c1-8-2-3-10(15(17)18)9(6-8)7-19-12(16)11-13-4-5-14-11/h2-6H,7H2,1H3,(H,13,14). The third-order valence-electron chi connectivity index (χ3n) is 2.48. The third kappa shape index (κ3) is 2.95. The number of aromatic nitrogens is 2. The molecule has 0 aliphatic heterocycles. The number of benzene rings is 1. The zero-order valence-corrected chi connectivity index (χ0v) is 10.1. The van der Waals surface area contributed by atoms with Crippen molar-refractivity contribution in [2.75, 3.05) is 0 Å². The van der Waals surface area contributed by atoms with E-state index in [9.17, 15) is 14.9 Å². The molecular formula is C12H11N3O4. The average molecular weight is 261 g/mol. The molecule has 0 atom stereocenters. The molecule has 2 rings (SSSR count). The van der Waals surface area contributed by atoms with E-state index < -0.39 is 10.9 Å². The van der Waals surface area contributed by atoms with Crippen molar-refractivity contribution in [1.29, 1.82) is 0 Å². The van der Waals surface area contributed by atoms with E-state index in [0.717, 1.165) is 5.56 Å². The highest BCUT2D eigenvalue weighted by atomic mass is 16.6. The van der Waals surface area contributed by atoms with Gasteiger partial charge in [-0.25, -0.2) is 9.78 Å². The second-order valence-corrected chi connectivity index (χ2v) is 3.90. The number of nitrogens with one attached hydrogen (secondary N) is 1. The topological polar surface area (TPSA) is 98.1 Å². The number of H-pyrrole nitrogens is 1. The lowest BCUT2D eigenvalue weighted by Gasteiger charge is -2.05. The Balaban J connectivity index is 2.13. The normalized spacial score (nSPS) is 10.2. The van der Waals surface area contributed by atoms with Crippen LogP contribution in [0.4, 0.5) is 5.69 Å². The summed E-state index contributed by atoms with van der Waals surface area (Å²) in [4.78, 5) is 28.2. The minimum absolute atomic E-state index is 0.0651. The summed E-state index contributed by atoms with van der Waals surface area (Å²) in [6.45, 7) is 1.64. The van der Waals surface area contributed by atoms with Gasteiger partial charge in [0.15, 0.2) is 0 Å². The first-order valence-electron chi connectivity index (χ1n) is 5.48. The smallest absolute Gasteiger partial charge is 0.374 e. The maximum absolute atomic E-state index is 11.6. The van der Waals surface area contributed by atoms with Gasteiger partial charge in [0.05, 0.1) is 10.5 Å². The van der Waals surface area contributed by atoms with Crippen LogP contribution < -0.4 is 0 Å². The van der Waals surface area contributed by atoms with Crippen LogP contribution in [0.15, 0.2) is 30.6 Å². The highest BCUT2D eigenvalue weighted by molar-refractivity contribution is 5.85. The van der Waals surface area contributed by atoms with Crippen LogP contribution in [0, 0.1) is 17.0 Å². The molecule has 0 bridgehead atoms. The molecule has 0 saturated carbocycles. The Labute approximate surface area is 108 Å². The summed E-state index contributed by atoms with van der Waals surface area (Å²) in [7, 11) is 0. The van der Waals surface area contributed by atoms with Crippen molar-refractivity contribution in [3.63, 3.8) is 0 Å². The number of rotatable bonds is 4. The van der Waals surface area contributed by atoms with Gasteiger partial charge in [0, 0.05) is 18.5 Å². The predicted molar refractivity (Wildman–Crippen MR) is 65.5 cm³/mol. The van der Waals surface area contributed by atoms with Gasteiger partial charge in [-0.05, 0) is 13.0 Å². The van der Waals surface area contributed by atoms with E-state index in [0.29, 0.717) is 5.56 Å². The Kier molecular flexibility index (Phi) is 3.56. The van der Waals surface area contributed by atoms with Crippen molar-refractivity contribution >= 4 is 11.7 Å². The largest absolute Gasteiger partial charge is 0.455 e. The lowest BCUT2D eigenvalue weighted by atomic mass is 10.1. The molecule has 19 heavy (non-hydrogen) atoms. The lowest BCUT2D eigenvalue weighted by molar-refractivity contribution is -0.385. The third-order valence-corrected chi connectivity index (χ3v) is 2.48. The molecule has 0 fully saturated rings. The molecule has 0 saturated heterocycles. The molecule has 7 heteroatoms. The van der Waals surface area contributed by atoms with Gasteiger partial charge in [0.1, 0.15) is 6.61 Å². The second-order valence-electron chi connectivity index (χ2n) is 3.90. The van der Waals surface area contributed by atoms with Gasteiger partial charge in [-0.1, -0.05) is 11.6 Å². The van der Waals surface area contributed by atoms with E-state index in [2.05, 4.69) is 9.97 Å². The van der Waals surface area contributed by atoms with Crippen LogP contribution in [0.25, 0.3) is 0 Å². The SMILES string of the molecule is Cc1ccc([N+](=O)[O-])c(COC(=O)c2ncc[nH]2)c1. The fourth-order valence-electron chi connectivity index (χ4n) is 1.60. The van der Waals surface area contributed by atoms with Crippen molar-refractivity contribution in [2.45, 2.75) is 13.5 Å². The number of carbonyl (C=O) groups excluding carboxylic acids is 1. The highest BCUT2D eigenvalue weighted by Crippen LogP contribution is 2.20. The van der Waals surface area contributed by atoms with Gasteiger partial charge in [0.25, 0.3) is 5.69 Å². The Morgan fingerprint density at radius 1 is 1.53 bits per heavy atom. The second kappa shape index (κ2) is 5.30. The van der Waals surface area contributed by atoms with Crippen LogP contribution >= 0.6 is 0 Å². The molecule has 0 spiro atoms. The fourth-order valence-corrected chi connectivity index (χ4v) is 1.60. The summed E-state index contributed by atoms with van der Waals surface area (Å²) in [5.74, 6) is -0.587. The summed E-state index contributed by atoms with van der Waals surface area (Å²) in [6, 6.07) is 4.65. The number of hydrogen-bond donors (Lipinski definition) is 1. The molecule has 1 aromatic heterocycles. The summed E-state index contributed by atoms with van der Waals surface area (Å²) < 4.78 is 4.98. The van der Waals surface area contributed by atoms with Crippen molar-refractivity contribution < 1.29 is 14.5 Å². The zero-order chi connectivity index (χ0) is 13.8. The van der Waals surface area contributed by atoms with Crippen LogP contribution in [0.3, 0.4) is 0 Å². The maximum Gasteiger partial charge on any atom is 0.374 e. The number of nitro benzene ring substituents is 1. The minimum Gasteiger partial charge on any atom is -0.455 e. The maximum atomic E-state index is 11.6. The van der Waals surface area contributed by atoms with Gasteiger partial charge in [-0.3, -0.25) is 10.1 Å². The van der Waals surface area contributed by atoms with Crippen LogP contribution in [-0.4, -0.2) is 20.9 Å². The Morgan fingerprint density at radius 3 is 2.95 bits per heavy atom. The Bertz CT molecular complexity index is 607. The van der Waals surface area contributed by atoms with Crippen LogP contribution in [0.5, 0.6) is 0 Å². The van der Waals surface area contributed by atoms with Gasteiger partial charge in [0.2, 0.25) is 5.82 Å². The molecule has 2 aromatic rings. The Morgan fingerprint density at radius 2 is 2.32 bits per heavy atom. The number of carbonyl (C=O) groups is 1. The molecule has 0 radical (unpaired) electrons. The zero-order valence-electron chi connectivity index (χ0n) is 10.1. The van der Waals surface area contributed by atoms with Crippen LogP contribution in [-0.2, 0) is 11.3 Å². The highest BCUT2D eigenvalue weighted by Gasteiger charge is 2.16. The van der Waals surface area contributed by atoms with Crippen molar-refractivity contribution in [3.8, 4) is 0 Å². The number of nitrogens with zero attached hydrogens (tertiary/aromatic N) is 2. The van der Waals surface area contributed by atoms with E-state index in [1.54, 1.807) is 12.1 Å². The number of imidazole rings is 1. The first-order chi connectivity index (χ1) is 9.08. The molecule has 1 aromatic carbocycles. The molecule has 7 nitrogen and oxygen atoms in total. The number of nitro groups is 1. The quantitative estimate of drug-likeness (QED) is 0.515. The van der Waals surface area contributed by atoms with Gasteiger partial charge >= 0.3 is 5.97 Å². The molecule has 1 N–H and O–H groups in total. The van der Waals surface area contributed by atoms with Crippen LogP contribution in [0.2, 0.25) is 0 Å². The monoisotopic (exact) mass is 261 g/mol. The van der Waals surface area contributed by atoms with E-state index in [1.165, 1.54) is 18.5 Å². The Hall–Kier alpha value is -2.70. The first-order valence-corrected chi connectivity index (χ1v) is 5.48. The number of hydrogen-bond acceptors (Lipinski definition) is 5. The average Bonchev–Trinajstić information content (AvgIpc) is 2.89. The molecule has 0 aliphatic carbocycles. The van der Waals surface area contributed by atoms with E-state index in [4.69, 9.17) is 4.74 Å². The van der Waals surface area contributed by atoms with E-state index in [1.807, 2.05) is 6.92 Å². The summed E-state index contributed by atoms with van der Waals surface area (Å²) in [6.07, 6.45) is 2.91. The lowest BCUT2D eigenvalue weighted by Crippen LogP contribution is -2.08. The minimum atomic E-state index is -0.652. The molecule has 0 amide bonds. The molecular weight excluding hydrogens is 250 g/mol. The summed E-state index contributed by atoms with van der Waals surface area (Å²) in [5, 5.41) is 10.9. The van der Waals surface area contributed by atoms with Crippen LogP contribution in [0.1, 0.15) is 21.7 Å². The summed E-state index contributed by atoms with van der Waals surface area (Å²) in [5.41, 5.74) is 1.14. The number of ether oxygens (including phenoxy) is 1. The molecule has 0 aliphatic rings. The van der Waals surface area contributed by atoms with E-state index >= 15 is 0 Å². The van der Waals surface area contributed by atoms with Crippen molar-refractivity contribution in [1.82, 2.24) is 9.97 Å². The number of aryl methyl sites for hydroxylation is 1. The van der Waals surface area contributed by atoms with Crippen molar-refractivity contribution in [2.24, 2.45) is 0 Å². The number of aromatic amines is 1. The molecule has 0 unspecified atom stereocenters. The first kappa shape index (κ1) is 12.7. The predicted octanol–water partition coefficient (Wildman–Crippen LogP) is 1.98. The number of esters is 1. The fraction of sp³-hybridized carbons (Fsp3) is 0.167.